The van der Waals surface area contributed by atoms with Crippen LogP contribution in [0.1, 0.15) is 5.56 Å². The van der Waals surface area contributed by atoms with Crippen molar-refractivity contribution >= 4 is 40.9 Å². The van der Waals surface area contributed by atoms with Gasteiger partial charge in [0, 0.05) is 11.2 Å². The zero-order valence-corrected chi connectivity index (χ0v) is 14.5. The molecular formula is C17H14Cl2N2O4. The molecule has 1 aliphatic heterocycles. The quantitative estimate of drug-likeness (QED) is 0.824. The summed E-state index contributed by atoms with van der Waals surface area (Å²) in [6.07, 6.45) is 1.86. The topological polar surface area (TPSA) is 77.5 Å². The van der Waals surface area contributed by atoms with E-state index in [9.17, 15) is 9.59 Å². The van der Waals surface area contributed by atoms with E-state index in [0.717, 1.165) is 5.56 Å². The van der Waals surface area contributed by atoms with Crippen LogP contribution >= 0.6 is 23.2 Å². The Morgan fingerprint density at radius 1 is 1.24 bits per heavy atom. The van der Waals surface area contributed by atoms with E-state index in [1.165, 1.54) is 6.20 Å². The second kappa shape index (κ2) is 7.72. The number of carbonyl (C=O) groups excluding carboxylic acids is 2. The highest BCUT2D eigenvalue weighted by molar-refractivity contribution is 6.30. The van der Waals surface area contributed by atoms with Crippen LogP contribution < -0.4 is 10.1 Å². The first kappa shape index (κ1) is 17.5. The first-order valence-corrected chi connectivity index (χ1v) is 8.26. The van der Waals surface area contributed by atoms with Gasteiger partial charge in [-0.1, -0.05) is 23.2 Å². The Kier molecular flexibility index (Phi) is 5.40. The Morgan fingerprint density at radius 3 is 2.80 bits per heavy atom. The summed E-state index contributed by atoms with van der Waals surface area (Å²) in [5.74, 6) is -0.421. The lowest BCUT2D eigenvalue weighted by Crippen LogP contribution is -2.32. The van der Waals surface area contributed by atoms with Gasteiger partial charge in [-0.2, -0.15) is 0 Å². The number of carbonyl (C=O) groups is 2. The zero-order valence-electron chi connectivity index (χ0n) is 13.0. The van der Waals surface area contributed by atoms with E-state index in [1.54, 1.807) is 30.3 Å². The maximum absolute atomic E-state index is 12.1. The fourth-order valence-corrected chi connectivity index (χ4v) is 2.70. The first-order chi connectivity index (χ1) is 12.0. The number of aromatic nitrogens is 1. The van der Waals surface area contributed by atoms with Gasteiger partial charge in [-0.25, -0.2) is 4.98 Å². The van der Waals surface area contributed by atoms with Crippen molar-refractivity contribution in [3.05, 3.63) is 52.1 Å². The van der Waals surface area contributed by atoms with Crippen LogP contribution in [-0.4, -0.2) is 30.1 Å². The maximum Gasteiger partial charge on any atom is 0.313 e. The molecule has 0 aliphatic carbocycles. The lowest BCUT2D eigenvalue weighted by Gasteiger charge is -2.24. The van der Waals surface area contributed by atoms with Crippen molar-refractivity contribution in [2.45, 2.75) is 6.42 Å². The van der Waals surface area contributed by atoms with E-state index >= 15 is 0 Å². The average molecular weight is 381 g/mol. The second-order valence-corrected chi connectivity index (χ2v) is 6.35. The number of hydrogen-bond acceptors (Lipinski definition) is 5. The number of pyridine rings is 1. The third-order valence-electron chi connectivity index (χ3n) is 3.60. The number of nitrogens with one attached hydrogen (secondary N) is 1. The third kappa shape index (κ3) is 4.61. The summed E-state index contributed by atoms with van der Waals surface area (Å²) in [6, 6.07) is 8.41. The van der Waals surface area contributed by atoms with Crippen molar-refractivity contribution in [2.24, 2.45) is 5.92 Å². The molecule has 1 unspecified atom stereocenters. The average Bonchev–Trinajstić information content (AvgIpc) is 2.61. The van der Waals surface area contributed by atoms with Crippen LogP contribution in [0, 0.1) is 5.92 Å². The number of fused-ring (bicyclic) bond motifs is 1. The number of anilines is 1. The number of benzene rings is 1. The Hall–Kier alpha value is -2.31. The highest BCUT2D eigenvalue weighted by Gasteiger charge is 2.28. The minimum absolute atomic E-state index is 0.202. The van der Waals surface area contributed by atoms with Crippen molar-refractivity contribution in [3.63, 3.8) is 0 Å². The highest BCUT2D eigenvalue weighted by atomic mass is 35.5. The molecule has 0 spiro atoms. The first-order valence-electron chi connectivity index (χ1n) is 7.50. The van der Waals surface area contributed by atoms with Crippen LogP contribution in [0.25, 0.3) is 0 Å². The van der Waals surface area contributed by atoms with Gasteiger partial charge in [0.1, 0.15) is 18.2 Å². The molecule has 6 nitrogen and oxygen atoms in total. The van der Waals surface area contributed by atoms with E-state index in [-0.39, 0.29) is 6.61 Å². The number of halogens is 2. The van der Waals surface area contributed by atoms with Crippen LogP contribution in [-0.2, 0) is 20.7 Å². The molecule has 25 heavy (non-hydrogen) atoms. The van der Waals surface area contributed by atoms with Crippen LogP contribution in [0.4, 0.5) is 5.82 Å². The molecule has 1 aromatic carbocycles. The van der Waals surface area contributed by atoms with Gasteiger partial charge in [-0.05, 0) is 42.3 Å². The van der Waals surface area contributed by atoms with Crippen molar-refractivity contribution < 1.29 is 19.1 Å². The summed E-state index contributed by atoms with van der Waals surface area (Å²) < 4.78 is 10.6. The number of rotatable bonds is 4. The van der Waals surface area contributed by atoms with Crippen molar-refractivity contribution in [2.75, 3.05) is 18.5 Å². The van der Waals surface area contributed by atoms with Crippen molar-refractivity contribution in [1.29, 1.82) is 0 Å². The van der Waals surface area contributed by atoms with Gasteiger partial charge >= 0.3 is 5.97 Å². The van der Waals surface area contributed by atoms with E-state index in [1.807, 2.05) is 0 Å². The Morgan fingerprint density at radius 2 is 2.04 bits per heavy atom. The largest absolute Gasteiger partial charge is 0.492 e. The molecule has 0 saturated carbocycles. The number of hydrogen-bond donors (Lipinski definition) is 1. The summed E-state index contributed by atoms with van der Waals surface area (Å²) in [5, 5.41) is 3.55. The van der Waals surface area contributed by atoms with E-state index in [0.29, 0.717) is 28.0 Å². The van der Waals surface area contributed by atoms with Gasteiger partial charge in [-0.3, -0.25) is 9.59 Å². The lowest BCUT2D eigenvalue weighted by atomic mass is 9.97. The molecule has 2 aromatic rings. The Balaban J connectivity index is 1.51. The van der Waals surface area contributed by atoms with E-state index < -0.39 is 24.4 Å². The Bertz CT molecular complexity index is 796. The maximum atomic E-state index is 12.1. The Labute approximate surface area is 154 Å². The molecule has 0 radical (unpaired) electrons. The van der Waals surface area contributed by atoms with Gasteiger partial charge in [0.25, 0.3) is 5.91 Å². The van der Waals surface area contributed by atoms with E-state index in [4.69, 9.17) is 32.7 Å². The molecule has 3 rings (SSSR count). The molecule has 0 fully saturated rings. The second-order valence-electron chi connectivity index (χ2n) is 5.48. The van der Waals surface area contributed by atoms with Gasteiger partial charge in [0.2, 0.25) is 0 Å². The lowest BCUT2D eigenvalue weighted by molar-refractivity contribution is -0.152. The molecule has 1 amide bonds. The summed E-state index contributed by atoms with van der Waals surface area (Å²) in [4.78, 5) is 27.9. The predicted molar refractivity (Wildman–Crippen MR) is 93.0 cm³/mol. The van der Waals surface area contributed by atoms with Crippen LogP contribution in [0.2, 0.25) is 10.0 Å². The molecule has 1 atom stereocenters. The highest BCUT2D eigenvalue weighted by Crippen LogP contribution is 2.30. The number of esters is 1. The molecule has 1 aliphatic rings. The van der Waals surface area contributed by atoms with Crippen molar-refractivity contribution in [3.8, 4) is 5.75 Å². The van der Waals surface area contributed by atoms with Gasteiger partial charge in [-0.15, -0.1) is 0 Å². The van der Waals surface area contributed by atoms with E-state index in [2.05, 4.69) is 10.3 Å². The number of ether oxygens (including phenoxy) is 2. The zero-order chi connectivity index (χ0) is 17.8. The van der Waals surface area contributed by atoms with Gasteiger partial charge in [0.15, 0.2) is 6.61 Å². The summed E-state index contributed by atoms with van der Waals surface area (Å²) in [6.45, 7) is -0.199. The number of amides is 1. The van der Waals surface area contributed by atoms with Gasteiger partial charge in [0.05, 0.1) is 10.9 Å². The number of nitrogens with zero attached hydrogens (tertiary/aromatic N) is 1. The molecule has 1 aromatic heterocycles. The smallest absolute Gasteiger partial charge is 0.313 e. The SMILES string of the molecule is O=C(COC(=O)C1COc2ccc(Cl)cc2C1)Nc1ccc(Cl)cn1. The molecule has 1 N–H and O–H groups in total. The molecule has 8 heteroatoms. The standard InChI is InChI=1S/C17H14Cl2N2O4/c18-12-1-3-14-10(6-12)5-11(8-24-14)17(23)25-9-16(22)21-15-4-2-13(19)7-20-15/h1-4,6-7,11H,5,8-9H2,(H,20,21,22). The predicted octanol–water partition coefficient (Wildman–Crippen LogP) is 3.12. The third-order valence-corrected chi connectivity index (χ3v) is 4.06. The minimum Gasteiger partial charge on any atom is -0.492 e. The normalized spacial score (nSPS) is 15.7. The molecule has 0 bridgehead atoms. The summed E-state index contributed by atoms with van der Waals surface area (Å²) in [7, 11) is 0. The molecule has 0 saturated heterocycles. The van der Waals surface area contributed by atoms with Gasteiger partial charge < -0.3 is 14.8 Å². The van der Waals surface area contributed by atoms with Crippen molar-refractivity contribution in [1.82, 2.24) is 4.98 Å². The van der Waals surface area contributed by atoms with Crippen LogP contribution in [0.5, 0.6) is 5.75 Å². The monoisotopic (exact) mass is 380 g/mol. The van der Waals surface area contributed by atoms with Crippen LogP contribution in [0.3, 0.4) is 0 Å². The summed E-state index contributed by atoms with van der Waals surface area (Å²) >= 11 is 11.7. The van der Waals surface area contributed by atoms with Crippen LogP contribution in [0.15, 0.2) is 36.5 Å². The fraction of sp³-hybridized carbons (Fsp3) is 0.235. The minimum atomic E-state index is -0.496. The molecule has 130 valence electrons. The fourth-order valence-electron chi connectivity index (χ4n) is 2.40. The molecular weight excluding hydrogens is 367 g/mol. The summed E-state index contributed by atoms with van der Waals surface area (Å²) in [5.41, 5.74) is 0.843. The molecule has 2 heterocycles.